The molecule has 0 bridgehead atoms. The van der Waals surface area contributed by atoms with Crippen molar-refractivity contribution in [3.05, 3.63) is 30.3 Å². The van der Waals surface area contributed by atoms with Crippen molar-refractivity contribution in [2.45, 2.75) is 156 Å². The summed E-state index contributed by atoms with van der Waals surface area (Å²) in [5.41, 5.74) is 0. The van der Waals surface area contributed by atoms with Gasteiger partial charge in [0.1, 0.15) is 5.75 Å². The molecule has 0 spiro atoms. The first kappa shape index (κ1) is 35.5. The van der Waals surface area contributed by atoms with E-state index < -0.39 is 7.26 Å². The highest BCUT2D eigenvalue weighted by atomic mass is 31.2. The zero-order valence-corrected chi connectivity index (χ0v) is 26.1. The summed E-state index contributed by atoms with van der Waals surface area (Å²) in [6.07, 6.45) is 36.0. The first-order chi connectivity index (χ1) is 17.6. The third-order valence-electron chi connectivity index (χ3n) is 7.70. The van der Waals surface area contributed by atoms with Crippen molar-refractivity contribution in [3.8, 4) is 5.75 Å². The molecule has 1 aromatic carbocycles. The maximum atomic E-state index is 8.63. The number of aromatic hydroxyl groups is 1. The Balaban J connectivity index is 0.00000148. The second-order valence-electron chi connectivity index (χ2n) is 11.2. The molecule has 1 nitrogen and oxygen atoms in total. The van der Waals surface area contributed by atoms with Gasteiger partial charge in [0.2, 0.25) is 0 Å². The maximum absolute atomic E-state index is 8.63. The molecule has 1 aromatic rings. The molecule has 0 fully saturated rings. The third-order valence-corrected chi connectivity index (χ3v) is 12.8. The average molecular weight is 522 g/mol. The van der Waals surface area contributed by atoms with Crippen LogP contribution in [0.1, 0.15) is 156 Å². The SMILES string of the molecule is CCCCCCCCCCCCCCCC[P+](CCCC)(CCCC)CCCC.Oc1ccccc1. The molecule has 0 saturated heterocycles. The molecule has 0 radical (unpaired) electrons. The average Bonchev–Trinajstić information content (AvgIpc) is 2.90. The predicted octanol–water partition coefficient (Wildman–Crippen LogP) is 12.3. The molecule has 0 unspecified atom stereocenters. The van der Waals surface area contributed by atoms with Crippen LogP contribution >= 0.6 is 7.26 Å². The van der Waals surface area contributed by atoms with Gasteiger partial charge in [-0.1, -0.05) is 142 Å². The largest absolute Gasteiger partial charge is 0.508 e. The fraction of sp³-hybridized carbons (Fsp3) is 0.824. The van der Waals surface area contributed by atoms with Gasteiger partial charge in [0, 0.05) is 7.26 Å². The fourth-order valence-electron chi connectivity index (χ4n) is 5.22. The fourth-order valence-corrected chi connectivity index (χ4v) is 10.4. The van der Waals surface area contributed by atoms with E-state index >= 15 is 0 Å². The molecule has 212 valence electrons. The number of rotatable bonds is 24. The number of para-hydroxylation sites is 1. The van der Waals surface area contributed by atoms with Crippen LogP contribution in [-0.2, 0) is 0 Å². The van der Waals surface area contributed by atoms with Crippen LogP contribution in [0.15, 0.2) is 30.3 Å². The van der Waals surface area contributed by atoms with Crippen LogP contribution in [0.5, 0.6) is 5.75 Å². The summed E-state index contributed by atoms with van der Waals surface area (Å²) < 4.78 is 0. The Bertz CT molecular complexity index is 507. The molecule has 0 atom stereocenters. The summed E-state index contributed by atoms with van der Waals surface area (Å²) in [6, 6.07) is 8.71. The van der Waals surface area contributed by atoms with Crippen molar-refractivity contribution in [3.63, 3.8) is 0 Å². The zero-order chi connectivity index (χ0) is 26.6. The van der Waals surface area contributed by atoms with E-state index in [1.165, 1.54) is 122 Å². The highest BCUT2D eigenvalue weighted by Crippen LogP contribution is 2.61. The molecule has 0 saturated carbocycles. The lowest BCUT2D eigenvalue weighted by Crippen LogP contribution is -2.13. The van der Waals surface area contributed by atoms with Crippen LogP contribution in [0, 0.1) is 0 Å². The molecule has 0 amide bonds. The van der Waals surface area contributed by atoms with Gasteiger partial charge < -0.3 is 5.11 Å². The normalized spacial score (nSPS) is 11.3. The van der Waals surface area contributed by atoms with E-state index in [0.717, 1.165) is 0 Å². The monoisotopic (exact) mass is 521 g/mol. The summed E-state index contributed by atoms with van der Waals surface area (Å²) in [4.78, 5) is 0. The first-order valence-electron chi connectivity index (χ1n) is 16.2. The van der Waals surface area contributed by atoms with Crippen molar-refractivity contribution < 1.29 is 5.11 Å². The number of unbranched alkanes of at least 4 members (excludes halogenated alkanes) is 16. The molecule has 0 aliphatic heterocycles. The zero-order valence-electron chi connectivity index (χ0n) is 25.3. The summed E-state index contributed by atoms with van der Waals surface area (Å²) in [5, 5.41) is 8.63. The van der Waals surface area contributed by atoms with Crippen LogP contribution in [-0.4, -0.2) is 29.8 Å². The van der Waals surface area contributed by atoms with Crippen LogP contribution in [0.25, 0.3) is 0 Å². The van der Waals surface area contributed by atoms with E-state index in [4.69, 9.17) is 5.11 Å². The van der Waals surface area contributed by atoms with E-state index in [0.29, 0.717) is 5.75 Å². The Hall–Kier alpha value is -0.550. The second-order valence-corrected chi connectivity index (χ2v) is 15.7. The molecule has 36 heavy (non-hydrogen) atoms. The minimum Gasteiger partial charge on any atom is -0.508 e. The van der Waals surface area contributed by atoms with E-state index in [1.807, 2.05) is 6.07 Å². The van der Waals surface area contributed by atoms with Crippen molar-refractivity contribution in [1.29, 1.82) is 0 Å². The van der Waals surface area contributed by atoms with Gasteiger partial charge in [-0.15, -0.1) is 0 Å². The van der Waals surface area contributed by atoms with E-state index in [2.05, 4.69) is 27.7 Å². The van der Waals surface area contributed by atoms with Crippen LogP contribution < -0.4 is 0 Å². The van der Waals surface area contributed by atoms with Gasteiger partial charge in [-0.05, 0) is 44.2 Å². The molecule has 0 aliphatic rings. The Morgan fingerprint density at radius 1 is 0.417 bits per heavy atom. The Kier molecular flexibility index (Phi) is 27.1. The molecule has 0 aliphatic carbocycles. The van der Waals surface area contributed by atoms with Gasteiger partial charge in [-0.2, -0.15) is 0 Å². The lowest BCUT2D eigenvalue weighted by molar-refractivity contribution is 0.475. The van der Waals surface area contributed by atoms with Gasteiger partial charge in [0.25, 0.3) is 0 Å². The van der Waals surface area contributed by atoms with Crippen LogP contribution in [0.3, 0.4) is 0 Å². The van der Waals surface area contributed by atoms with Gasteiger partial charge in [0.05, 0.1) is 24.6 Å². The van der Waals surface area contributed by atoms with E-state index in [9.17, 15) is 0 Å². The molecular weight excluding hydrogens is 455 g/mol. The van der Waals surface area contributed by atoms with Gasteiger partial charge >= 0.3 is 0 Å². The van der Waals surface area contributed by atoms with Crippen molar-refractivity contribution in [1.82, 2.24) is 0 Å². The minimum atomic E-state index is -0.630. The van der Waals surface area contributed by atoms with E-state index in [1.54, 1.807) is 55.3 Å². The summed E-state index contributed by atoms with van der Waals surface area (Å²) in [6.45, 7) is 9.48. The molecule has 1 rings (SSSR count). The Morgan fingerprint density at radius 2 is 0.722 bits per heavy atom. The van der Waals surface area contributed by atoms with Crippen LogP contribution in [0.4, 0.5) is 0 Å². The number of hydrogen-bond donors (Lipinski definition) is 1. The lowest BCUT2D eigenvalue weighted by atomic mass is 10.0. The van der Waals surface area contributed by atoms with Crippen molar-refractivity contribution in [2.24, 2.45) is 0 Å². The third kappa shape index (κ3) is 22.6. The number of benzene rings is 1. The van der Waals surface area contributed by atoms with Gasteiger partial charge in [-0.25, -0.2) is 0 Å². The van der Waals surface area contributed by atoms with Crippen molar-refractivity contribution in [2.75, 3.05) is 24.6 Å². The number of phenols is 1. The van der Waals surface area contributed by atoms with Gasteiger partial charge in [-0.3, -0.25) is 0 Å². The molecule has 0 aromatic heterocycles. The number of phenolic OH excluding ortho intramolecular Hbond substituents is 1. The predicted molar refractivity (Wildman–Crippen MR) is 170 cm³/mol. The highest BCUT2D eigenvalue weighted by Gasteiger charge is 2.34. The first-order valence-corrected chi connectivity index (χ1v) is 18.8. The van der Waals surface area contributed by atoms with Gasteiger partial charge in [0.15, 0.2) is 0 Å². The Morgan fingerprint density at radius 3 is 1.03 bits per heavy atom. The molecule has 2 heteroatoms. The van der Waals surface area contributed by atoms with Crippen molar-refractivity contribution >= 4 is 7.26 Å². The molecular formula is C34H66OP+. The highest BCUT2D eigenvalue weighted by molar-refractivity contribution is 7.75. The van der Waals surface area contributed by atoms with E-state index in [-0.39, 0.29) is 0 Å². The smallest absolute Gasteiger partial charge is 0.115 e. The number of hydrogen-bond acceptors (Lipinski definition) is 1. The molecule has 0 heterocycles. The summed E-state index contributed by atoms with van der Waals surface area (Å²) >= 11 is 0. The van der Waals surface area contributed by atoms with Crippen LogP contribution in [0.2, 0.25) is 0 Å². The Labute approximate surface area is 229 Å². The quantitative estimate of drug-likeness (QED) is 0.106. The summed E-state index contributed by atoms with van der Waals surface area (Å²) in [7, 11) is -0.630. The second kappa shape index (κ2) is 27.5. The minimum absolute atomic E-state index is 0.322. The standard InChI is InChI=1S/C28H60P.C6H6O/c1-5-9-13-14-15-16-17-18-19-20-21-22-23-24-28-29(25-10-6-2,26-11-7-3)27-12-8-4;7-6-4-2-1-3-5-6/h5-28H2,1-4H3;1-5,7H/q+1;. The topological polar surface area (TPSA) is 20.2 Å². The molecule has 1 N–H and O–H groups in total. The summed E-state index contributed by atoms with van der Waals surface area (Å²) in [5.74, 6) is 0.322. The lowest BCUT2D eigenvalue weighted by Gasteiger charge is -2.28. The maximum Gasteiger partial charge on any atom is 0.115 e.